The van der Waals surface area contributed by atoms with Crippen molar-refractivity contribution in [2.75, 3.05) is 18.6 Å². The molecule has 0 saturated carbocycles. The van der Waals surface area contributed by atoms with Gasteiger partial charge < -0.3 is 14.4 Å². The van der Waals surface area contributed by atoms with Crippen molar-refractivity contribution in [1.82, 2.24) is 0 Å². The molecule has 0 aliphatic heterocycles. The summed E-state index contributed by atoms with van der Waals surface area (Å²) in [5.74, 6) is 1.58. The summed E-state index contributed by atoms with van der Waals surface area (Å²) in [4.78, 5) is 14.9. The predicted octanol–water partition coefficient (Wildman–Crippen LogP) is 9.12. The van der Waals surface area contributed by atoms with E-state index < -0.39 is 0 Å². The summed E-state index contributed by atoms with van der Waals surface area (Å²) in [5.41, 5.74) is 5.20. The molecule has 5 nitrogen and oxygen atoms in total. The first kappa shape index (κ1) is 32.7. The Morgan fingerprint density at radius 2 is 1.54 bits per heavy atom. The highest BCUT2D eigenvalue weighted by molar-refractivity contribution is 7.07. The molecular formula is C35H51N2O3S+. The number of anilines is 1. The lowest BCUT2D eigenvalue weighted by Crippen LogP contribution is -2.32. The highest BCUT2D eigenvalue weighted by atomic mass is 32.1. The number of benzene rings is 2. The number of amides is 1. The predicted molar refractivity (Wildman–Crippen MR) is 171 cm³/mol. The molecule has 0 saturated heterocycles. The molecule has 0 atom stereocenters. The van der Waals surface area contributed by atoms with Gasteiger partial charge in [-0.1, -0.05) is 114 Å². The number of aromatic nitrogens is 1. The molecule has 0 unspecified atom stereocenters. The number of nitrogens with zero attached hydrogens (tertiary/aromatic N) is 2. The molecule has 3 rings (SSSR count). The van der Waals surface area contributed by atoms with E-state index in [4.69, 9.17) is 9.47 Å². The summed E-state index contributed by atoms with van der Waals surface area (Å²) in [7, 11) is 1.68. The molecule has 0 radical (unpaired) electrons. The Labute approximate surface area is 252 Å². The summed E-state index contributed by atoms with van der Waals surface area (Å²) in [5, 5.41) is 2.07. The van der Waals surface area contributed by atoms with Gasteiger partial charge in [0.1, 0.15) is 0 Å². The Morgan fingerprint density at radius 3 is 2.17 bits per heavy atom. The highest BCUT2D eigenvalue weighted by Crippen LogP contribution is 2.30. The van der Waals surface area contributed by atoms with Crippen LogP contribution >= 0.6 is 11.3 Å². The Kier molecular flexibility index (Phi) is 15.4. The zero-order valence-electron chi connectivity index (χ0n) is 25.6. The van der Waals surface area contributed by atoms with Crippen LogP contribution in [-0.4, -0.2) is 19.6 Å². The van der Waals surface area contributed by atoms with Crippen LogP contribution in [0.25, 0.3) is 0 Å². The third kappa shape index (κ3) is 11.9. The summed E-state index contributed by atoms with van der Waals surface area (Å²) < 4.78 is 13.9. The molecule has 0 N–H and O–H groups in total. The van der Waals surface area contributed by atoms with Crippen LogP contribution in [0.5, 0.6) is 11.5 Å². The second-order valence-corrected chi connectivity index (χ2v) is 11.7. The van der Waals surface area contributed by atoms with Gasteiger partial charge in [-0.3, -0.25) is 4.79 Å². The maximum atomic E-state index is 13.0. The number of thiazole rings is 1. The molecule has 0 fully saturated rings. The van der Waals surface area contributed by atoms with Gasteiger partial charge in [-0.05, 0) is 36.2 Å². The van der Waals surface area contributed by atoms with Gasteiger partial charge in [0.25, 0.3) is 0 Å². The number of carbonyl (C=O) groups is 1. The van der Waals surface area contributed by atoms with Gasteiger partial charge in [0.2, 0.25) is 11.4 Å². The maximum absolute atomic E-state index is 13.0. The van der Waals surface area contributed by atoms with E-state index in [0.717, 1.165) is 35.7 Å². The van der Waals surface area contributed by atoms with Crippen molar-refractivity contribution in [3.8, 4) is 11.5 Å². The van der Waals surface area contributed by atoms with Crippen LogP contribution in [0.4, 0.5) is 5.69 Å². The third-order valence-corrected chi connectivity index (χ3v) is 8.21. The van der Waals surface area contributed by atoms with Gasteiger partial charge >= 0.3 is 0 Å². The standard InChI is InChI=1S/C35H51N2O3S/c1-4-6-7-8-9-10-11-12-13-14-15-16-23-40-34-26-31(20-21-33(34)39-3)28-37(35(38)5-2)32-19-17-18-30(25-32)27-36-22-24-41-29-36/h17-22,24-26,29H,4-16,23,27-28H2,1-3H3/q+1. The van der Waals surface area contributed by atoms with E-state index in [2.05, 4.69) is 40.7 Å². The molecule has 6 heteroatoms. The minimum atomic E-state index is 0.0973. The van der Waals surface area contributed by atoms with Gasteiger partial charge in [-0.2, -0.15) is 4.57 Å². The average molecular weight is 580 g/mol. The molecule has 0 spiro atoms. The largest absolute Gasteiger partial charge is 0.493 e. The monoisotopic (exact) mass is 579 g/mol. The molecule has 1 heterocycles. The molecule has 41 heavy (non-hydrogen) atoms. The molecule has 1 aromatic heterocycles. The first-order chi connectivity index (χ1) is 20.1. The number of rotatable bonds is 21. The van der Waals surface area contributed by atoms with Crippen molar-refractivity contribution in [3.05, 3.63) is 70.7 Å². The van der Waals surface area contributed by atoms with Crippen molar-refractivity contribution in [2.24, 2.45) is 0 Å². The summed E-state index contributed by atoms with van der Waals surface area (Å²) in [6, 6.07) is 14.3. The van der Waals surface area contributed by atoms with E-state index in [1.807, 2.05) is 42.2 Å². The topological polar surface area (TPSA) is 42.7 Å². The fraction of sp³-hybridized carbons (Fsp3) is 0.543. The smallest absolute Gasteiger partial charge is 0.227 e. The molecule has 1 amide bonds. The van der Waals surface area contributed by atoms with Gasteiger partial charge in [-0.15, -0.1) is 0 Å². The lowest BCUT2D eigenvalue weighted by Gasteiger charge is -2.23. The molecule has 0 bridgehead atoms. The first-order valence-electron chi connectivity index (χ1n) is 15.7. The lowest BCUT2D eigenvalue weighted by atomic mass is 10.1. The first-order valence-corrected chi connectivity index (χ1v) is 16.7. The normalized spacial score (nSPS) is 11.0. The molecular weight excluding hydrogens is 528 g/mol. The minimum absolute atomic E-state index is 0.0973. The van der Waals surface area contributed by atoms with Crippen molar-refractivity contribution in [1.29, 1.82) is 0 Å². The van der Waals surface area contributed by atoms with Gasteiger partial charge in [0, 0.05) is 17.7 Å². The van der Waals surface area contributed by atoms with E-state index >= 15 is 0 Å². The van der Waals surface area contributed by atoms with Crippen LogP contribution in [-0.2, 0) is 17.9 Å². The van der Waals surface area contributed by atoms with Crippen LogP contribution in [0.3, 0.4) is 0 Å². The fourth-order valence-corrected chi connectivity index (χ4v) is 5.74. The summed E-state index contributed by atoms with van der Waals surface area (Å²) in [6.07, 6.45) is 18.4. The zero-order chi connectivity index (χ0) is 29.1. The van der Waals surface area contributed by atoms with E-state index in [1.54, 1.807) is 18.4 Å². The van der Waals surface area contributed by atoms with Crippen molar-refractivity contribution in [2.45, 2.75) is 110 Å². The van der Waals surface area contributed by atoms with Gasteiger partial charge in [0.15, 0.2) is 24.2 Å². The number of unbranched alkanes of at least 4 members (excludes halogenated alkanes) is 11. The minimum Gasteiger partial charge on any atom is -0.493 e. The number of ether oxygens (including phenoxy) is 2. The molecule has 3 aromatic rings. The van der Waals surface area contributed by atoms with Crippen LogP contribution < -0.4 is 18.9 Å². The molecule has 224 valence electrons. The highest BCUT2D eigenvalue weighted by Gasteiger charge is 2.17. The van der Waals surface area contributed by atoms with Crippen LogP contribution in [0, 0.1) is 0 Å². The zero-order valence-corrected chi connectivity index (χ0v) is 26.4. The van der Waals surface area contributed by atoms with Crippen molar-refractivity contribution < 1.29 is 18.8 Å². The maximum Gasteiger partial charge on any atom is 0.227 e. The Hall–Kier alpha value is -2.86. The number of hydrogen-bond donors (Lipinski definition) is 0. The molecule has 0 aliphatic rings. The summed E-state index contributed by atoms with van der Waals surface area (Å²) in [6.45, 7) is 6.14. The van der Waals surface area contributed by atoms with Crippen LogP contribution in [0.2, 0.25) is 0 Å². The number of carbonyl (C=O) groups excluding carboxylic acids is 1. The second-order valence-electron chi connectivity index (χ2n) is 10.9. The van der Waals surface area contributed by atoms with Crippen molar-refractivity contribution in [3.63, 3.8) is 0 Å². The Balaban J connectivity index is 1.49. The summed E-state index contributed by atoms with van der Waals surface area (Å²) >= 11 is 1.68. The quantitative estimate of drug-likeness (QED) is 0.0933. The number of methoxy groups -OCH3 is 1. The number of hydrogen-bond acceptors (Lipinski definition) is 4. The fourth-order valence-electron chi connectivity index (χ4n) is 5.14. The van der Waals surface area contributed by atoms with Crippen LogP contribution in [0.15, 0.2) is 59.6 Å². The Bertz CT molecular complexity index is 1130. The average Bonchev–Trinajstić information content (AvgIpc) is 3.51. The molecule has 0 aliphatic carbocycles. The molecule has 2 aromatic carbocycles. The SMILES string of the molecule is CCCCCCCCCCCCCCOc1cc(CN(C(=O)CC)c2cccc(C[n+]3ccsc3)c2)ccc1OC. The van der Waals surface area contributed by atoms with Crippen LogP contribution in [0.1, 0.15) is 108 Å². The van der Waals surface area contributed by atoms with E-state index in [9.17, 15) is 4.79 Å². The second kappa shape index (κ2) is 19.3. The van der Waals surface area contributed by atoms with E-state index in [-0.39, 0.29) is 5.91 Å². The van der Waals surface area contributed by atoms with Gasteiger partial charge in [0.05, 0.1) is 25.6 Å². The third-order valence-electron chi connectivity index (χ3n) is 7.54. The van der Waals surface area contributed by atoms with Gasteiger partial charge in [-0.25, -0.2) is 0 Å². The van der Waals surface area contributed by atoms with E-state index in [0.29, 0.717) is 19.6 Å². The van der Waals surface area contributed by atoms with E-state index in [1.165, 1.54) is 76.2 Å². The Morgan fingerprint density at radius 1 is 0.829 bits per heavy atom. The lowest BCUT2D eigenvalue weighted by molar-refractivity contribution is -0.683. The van der Waals surface area contributed by atoms with Crippen molar-refractivity contribution >= 4 is 22.9 Å².